The van der Waals surface area contributed by atoms with Gasteiger partial charge >= 0.3 is 0 Å². The monoisotopic (exact) mass is 446 g/mol. The van der Waals surface area contributed by atoms with Gasteiger partial charge in [0.25, 0.3) is 0 Å². The van der Waals surface area contributed by atoms with E-state index in [-0.39, 0.29) is 70.0 Å². The summed E-state index contributed by atoms with van der Waals surface area (Å²) in [6.45, 7) is 14.6. The average Bonchev–Trinajstić information content (AvgIpc) is 2.64. The van der Waals surface area contributed by atoms with E-state index in [0.717, 1.165) is 0 Å². The number of carbonyl (C=O) groups is 1. The molecular weight excluding hydrogens is 412 g/mol. The molecule has 0 aliphatic heterocycles. The van der Waals surface area contributed by atoms with Gasteiger partial charge in [-0.15, -0.1) is 0 Å². The molecule has 0 amide bonds. The first-order valence-electron chi connectivity index (χ1n) is 10.8. The Labute approximate surface area is 189 Å². The van der Waals surface area contributed by atoms with Gasteiger partial charge in [0.1, 0.15) is 11.5 Å². The molecule has 0 aliphatic carbocycles. The number of hydrogen-bond donors (Lipinski definition) is 2. The number of aromatic hydroxyl groups is 2. The molecule has 0 spiro atoms. The molecule has 2 aromatic carbocycles. The first kappa shape index (κ1) is 25.2. The van der Waals surface area contributed by atoms with E-state index >= 15 is 0 Å². The molecule has 0 aromatic heterocycles. The third kappa shape index (κ3) is 6.45. The van der Waals surface area contributed by atoms with Gasteiger partial charge in [0.05, 0.1) is 35.5 Å². The molecule has 2 N–H and O–H groups in total. The van der Waals surface area contributed by atoms with Crippen LogP contribution < -0.4 is 18.9 Å². The van der Waals surface area contributed by atoms with E-state index in [9.17, 15) is 15.0 Å². The van der Waals surface area contributed by atoms with Crippen molar-refractivity contribution in [3.8, 4) is 34.5 Å². The zero-order valence-electron chi connectivity index (χ0n) is 20.1. The van der Waals surface area contributed by atoms with E-state index in [1.165, 1.54) is 24.3 Å². The van der Waals surface area contributed by atoms with E-state index in [4.69, 9.17) is 18.9 Å². The fourth-order valence-corrected chi connectivity index (χ4v) is 3.00. The van der Waals surface area contributed by atoms with Crippen LogP contribution in [0.15, 0.2) is 24.3 Å². The fraction of sp³-hybridized carbons (Fsp3) is 0.480. The summed E-state index contributed by atoms with van der Waals surface area (Å²) in [6, 6.07) is 5.68. The smallest absolute Gasteiger partial charge is 0.200 e. The molecule has 0 saturated heterocycles. The van der Waals surface area contributed by atoms with Crippen LogP contribution in [0, 0.1) is 0 Å². The Morgan fingerprint density at radius 2 is 0.844 bits per heavy atom. The van der Waals surface area contributed by atoms with Gasteiger partial charge in [-0.3, -0.25) is 4.79 Å². The summed E-state index contributed by atoms with van der Waals surface area (Å²) in [5, 5.41) is 20.8. The van der Waals surface area contributed by atoms with Crippen LogP contribution in [0.2, 0.25) is 0 Å². The second kappa shape index (κ2) is 10.5. The molecule has 2 rings (SSSR count). The first-order valence-corrected chi connectivity index (χ1v) is 10.8. The maximum absolute atomic E-state index is 13.7. The maximum Gasteiger partial charge on any atom is 0.200 e. The SMILES string of the molecule is CC(C)Oc1cc(C(=O)c2cc(OC(C)C)c(O)cc2OC(C)C)c(OC(C)C)cc1O. The maximum atomic E-state index is 13.7. The molecule has 0 aliphatic rings. The van der Waals surface area contributed by atoms with Crippen LogP contribution in [0.3, 0.4) is 0 Å². The van der Waals surface area contributed by atoms with E-state index < -0.39 is 5.78 Å². The summed E-state index contributed by atoms with van der Waals surface area (Å²) in [5.41, 5.74) is 0.392. The Balaban J connectivity index is 2.69. The fourth-order valence-electron chi connectivity index (χ4n) is 3.00. The van der Waals surface area contributed by atoms with Gasteiger partial charge in [-0.25, -0.2) is 0 Å². The molecule has 0 atom stereocenters. The Morgan fingerprint density at radius 1 is 0.562 bits per heavy atom. The van der Waals surface area contributed by atoms with Crippen LogP contribution in [0.5, 0.6) is 34.5 Å². The number of ketones is 1. The number of phenols is 2. The molecule has 7 nitrogen and oxygen atoms in total. The minimum absolute atomic E-state index is 0.126. The summed E-state index contributed by atoms with van der Waals surface area (Å²) in [7, 11) is 0. The Bertz CT molecular complexity index is 870. The number of benzene rings is 2. The second-order valence-electron chi connectivity index (χ2n) is 8.63. The van der Waals surface area contributed by atoms with Gasteiger partial charge in [0.15, 0.2) is 23.0 Å². The van der Waals surface area contributed by atoms with Crippen molar-refractivity contribution in [3.63, 3.8) is 0 Å². The van der Waals surface area contributed by atoms with Gasteiger partial charge in [0.2, 0.25) is 5.78 Å². The highest BCUT2D eigenvalue weighted by Gasteiger charge is 2.25. The van der Waals surface area contributed by atoms with Crippen molar-refractivity contribution in [1.82, 2.24) is 0 Å². The van der Waals surface area contributed by atoms with Crippen LogP contribution in [0.4, 0.5) is 0 Å². The Morgan fingerprint density at radius 3 is 1.12 bits per heavy atom. The molecule has 0 bridgehead atoms. The van der Waals surface area contributed by atoms with Crippen molar-refractivity contribution in [1.29, 1.82) is 0 Å². The molecule has 0 heterocycles. The number of ether oxygens (including phenoxy) is 4. The van der Waals surface area contributed by atoms with Crippen molar-refractivity contribution in [2.75, 3.05) is 0 Å². The normalized spacial score (nSPS) is 11.4. The van der Waals surface area contributed by atoms with Crippen LogP contribution in [0.1, 0.15) is 71.3 Å². The molecule has 176 valence electrons. The van der Waals surface area contributed by atoms with Crippen molar-refractivity contribution >= 4 is 5.78 Å². The summed E-state index contributed by atoms with van der Waals surface area (Å²) in [5.74, 6) is 0.102. The topological polar surface area (TPSA) is 94.5 Å². The highest BCUT2D eigenvalue weighted by Crippen LogP contribution is 2.40. The Kier molecular flexibility index (Phi) is 8.25. The van der Waals surface area contributed by atoms with Gasteiger partial charge in [0, 0.05) is 12.1 Å². The summed E-state index contributed by atoms with van der Waals surface area (Å²) in [6.07, 6.45) is -0.881. The van der Waals surface area contributed by atoms with Crippen LogP contribution >= 0.6 is 0 Å². The molecule has 0 fully saturated rings. The molecule has 7 heteroatoms. The second-order valence-corrected chi connectivity index (χ2v) is 8.63. The minimum Gasteiger partial charge on any atom is -0.504 e. The van der Waals surface area contributed by atoms with Crippen molar-refractivity contribution in [2.24, 2.45) is 0 Å². The molecule has 32 heavy (non-hydrogen) atoms. The van der Waals surface area contributed by atoms with E-state index in [1.54, 1.807) is 0 Å². The largest absolute Gasteiger partial charge is 0.504 e. The van der Waals surface area contributed by atoms with E-state index in [2.05, 4.69) is 0 Å². The summed E-state index contributed by atoms with van der Waals surface area (Å²) in [4.78, 5) is 13.7. The predicted octanol–water partition coefficient (Wildman–Crippen LogP) is 5.48. The first-order chi connectivity index (χ1) is 14.9. The lowest BCUT2D eigenvalue weighted by molar-refractivity contribution is 0.102. The number of rotatable bonds is 10. The number of carbonyl (C=O) groups excluding carboxylic acids is 1. The van der Waals surface area contributed by atoms with Gasteiger partial charge < -0.3 is 29.2 Å². The van der Waals surface area contributed by atoms with Gasteiger partial charge in [-0.1, -0.05) is 0 Å². The van der Waals surface area contributed by atoms with Crippen LogP contribution in [0.25, 0.3) is 0 Å². The minimum atomic E-state index is -0.418. The lowest BCUT2D eigenvalue weighted by Gasteiger charge is -2.20. The van der Waals surface area contributed by atoms with Crippen LogP contribution in [-0.2, 0) is 0 Å². The molecular formula is C25H34O7. The third-order valence-corrected chi connectivity index (χ3v) is 4.06. The van der Waals surface area contributed by atoms with E-state index in [1.807, 2.05) is 55.4 Å². The Hall–Kier alpha value is -3.09. The highest BCUT2D eigenvalue weighted by molar-refractivity contribution is 6.13. The zero-order chi connectivity index (χ0) is 24.2. The number of hydrogen-bond acceptors (Lipinski definition) is 7. The van der Waals surface area contributed by atoms with Gasteiger partial charge in [-0.2, -0.15) is 0 Å². The summed E-state index contributed by atoms with van der Waals surface area (Å²) >= 11 is 0. The lowest BCUT2D eigenvalue weighted by Crippen LogP contribution is -2.15. The lowest BCUT2D eigenvalue weighted by atomic mass is 9.99. The van der Waals surface area contributed by atoms with E-state index in [0.29, 0.717) is 0 Å². The highest BCUT2D eigenvalue weighted by atomic mass is 16.5. The quantitative estimate of drug-likeness (QED) is 0.467. The predicted molar refractivity (Wildman–Crippen MR) is 123 cm³/mol. The standard InChI is InChI=1S/C25H34O7/c1-13(2)29-21-11-19(26)23(31-15(5)6)9-17(21)25(28)18-10-24(32-16(7)8)20(27)12-22(18)30-14(3)4/h9-16,26-27H,1-8H3. The third-order valence-electron chi connectivity index (χ3n) is 4.06. The molecule has 0 radical (unpaired) electrons. The molecule has 0 saturated carbocycles. The van der Waals surface area contributed by atoms with Crippen molar-refractivity contribution < 1.29 is 34.0 Å². The average molecular weight is 447 g/mol. The zero-order valence-corrected chi connectivity index (χ0v) is 20.1. The molecule has 0 unspecified atom stereocenters. The van der Waals surface area contributed by atoms with Crippen molar-refractivity contribution in [2.45, 2.75) is 79.8 Å². The summed E-state index contributed by atoms with van der Waals surface area (Å²) < 4.78 is 23.0. The number of phenolic OH excluding ortho intramolecular Hbond substituents is 2. The molecule has 2 aromatic rings. The van der Waals surface area contributed by atoms with Crippen LogP contribution in [-0.4, -0.2) is 40.4 Å². The van der Waals surface area contributed by atoms with Gasteiger partial charge in [-0.05, 0) is 67.5 Å². The van der Waals surface area contributed by atoms with Crippen molar-refractivity contribution in [3.05, 3.63) is 35.4 Å².